The highest BCUT2D eigenvalue weighted by molar-refractivity contribution is 14.0. The zero-order valence-corrected chi connectivity index (χ0v) is 14.3. The summed E-state index contributed by atoms with van der Waals surface area (Å²) < 4.78 is 5.12. The van der Waals surface area contributed by atoms with Crippen LogP contribution >= 0.6 is 24.0 Å². The van der Waals surface area contributed by atoms with E-state index in [0.29, 0.717) is 6.54 Å². The first kappa shape index (κ1) is 19.8. The second-order valence-electron chi connectivity index (χ2n) is 4.14. The van der Waals surface area contributed by atoms with Crippen molar-refractivity contribution >= 4 is 35.9 Å². The molecule has 18 heavy (non-hydrogen) atoms. The third-order valence-corrected chi connectivity index (χ3v) is 1.97. The Hall–Kier alpha value is -0.530. The zero-order chi connectivity index (χ0) is 13.3. The van der Waals surface area contributed by atoms with Crippen molar-refractivity contribution in [3.05, 3.63) is 0 Å². The molecular formula is C12H26IN3O2. The summed E-state index contributed by atoms with van der Waals surface area (Å²) in [6.45, 7) is 11.6. The summed E-state index contributed by atoms with van der Waals surface area (Å²) in [4.78, 5) is 15.9. The maximum atomic E-state index is 11.5. The van der Waals surface area contributed by atoms with Crippen LogP contribution in [-0.2, 0) is 9.53 Å². The number of hydrogen-bond acceptors (Lipinski definition) is 3. The fourth-order valence-corrected chi connectivity index (χ4v) is 1.16. The summed E-state index contributed by atoms with van der Waals surface area (Å²) in [6, 6.07) is 0. The highest BCUT2D eigenvalue weighted by Crippen LogP contribution is 2.02. The molecule has 0 aromatic carbocycles. The molecule has 6 heteroatoms. The molecule has 108 valence electrons. The molecule has 0 rings (SSSR count). The van der Waals surface area contributed by atoms with Crippen LogP contribution in [0.1, 0.15) is 34.6 Å². The first-order valence-corrected chi connectivity index (χ1v) is 6.23. The van der Waals surface area contributed by atoms with Crippen molar-refractivity contribution < 1.29 is 9.53 Å². The standard InChI is InChI=1S/C12H25N3O2.HI/c1-6-13-12(14-7-2)15-8-10(5)11(16)17-9(3)4;/h9-10H,6-8H2,1-5H3,(H2,13,14,15);1H. The van der Waals surface area contributed by atoms with Gasteiger partial charge in [-0.05, 0) is 27.7 Å². The summed E-state index contributed by atoms with van der Waals surface area (Å²) in [6.07, 6.45) is -0.0732. The van der Waals surface area contributed by atoms with Crippen LogP contribution < -0.4 is 10.6 Å². The van der Waals surface area contributed by atoms with Gasteiger partial charge in [-0.3, -0.25) is 9.79 Å². The highest BCUT2D eigenvalue weighted by atomic mass is 127. The van der Waals surface area contributed by atoms with Crippen molar-refractivity contribution in [3.63, 3.8) is 0 Å². The largest absolute Gasteiger partial charge is 0.463 e. The van der Waals surface area contributed by atoms with Crippen LogP contribution in [-0.4, -0.2) is 37.7 Å². The second-order valence-corrected chi connectivity index (χ2v) is 4.14. The molecule has 2 N–H and O–H groups in total. The van der Waals surface area contributed by atoms with E-state index in [4.69, 9.17) is 4.74 Å². The van der Waals surface area contributed by atoms with Crippen molar-refractivity contribution in [2.24, 2.45) is 10.9 Å². The van der Waals surface area contributed by atoms with E-state index in [1.54, 1.807) is 0 Å². The van der Waals surface area contributed by atoms with E-state index in [2.05, 4.69) is 15.6 Å². The topological polar surface area (TPSA) is 62.7 Å². The van der Waals surface area contributed by atoms with Crippen LogP contribution in [0.15, 0.2) is 4.99 Å². The van der Waals surface area contributed by atoms with Gasteiger partial charge < -0.3 is 15.4 Å². The minimum Gasteiger partial charge on any atom is -0.463 e. The normalized spacial score (nSPS) is 11.2. The molecule has 0 aliphatic rings. The fraction of sp³-hybridized carbons (Fsp3) is 0.833. The van der Waals surface area contributed by atoms with Crippen LogP contribution in [0.4, 0.5) is 0 Å². The lowest BCUT2D eigenvalue weighted by Gasteiger charge is -2.13. The molecule has 0 aliphatic heterocycles. The van der Waals surface area contributed by atoms with Crippen LogP contribution in [0, 0.1) is 5.92 Å². The van der Waals surface area contributed by atoms with Crippen LogP contribution in [0.3, 0.4) is 0 Å². The molecule has 0 heterocycles. The van der Waals surface area contributed by atoms with Crippen molar-refractivity contribution in [3.8, 4) is 0 Å². The summed E-state index contributed by atoms with van der Waals surface area (Å²) in [5.41, 5.74) is 0. The average molecular weight is 371 g/mol. The van der Waals surface area contributed by atoms with E-state index < -0.39 is 0 Å². The van der Waals surface area contributed by atoms with Crippen LogP contribution in [0.25, 0.3) is 0 Å². The maximum absolute atomic E-state index is 11.5. The summed E-state index contributed by atoms with van der Waals surface area (Å²) in [5, 5.41) is 6.21. The molecule has 1 atom stereocenters. The van der Waals surface area contributed by atoms with Crippen molar-refractivity contribution in [1.82, 2.24) is 10.6 Å². The lowest BCUT2D eigenvalue weighted by Crippen LogP contribution is -2.37. The molecule has 5 nitrogen and oxygen atoms in total. The Kier molecular flexibility index (Phi) is 12.7. The molecule has 0 fully saturated rings. The SMILES string of the molecule is CCNC(=NCC(C)C(=O)OC(C)C)NCC.I. The van der Waals surface area contributed by atoms with Gasteiger partial charge in [-0.1, -0.05) is 6.92 Å². The average Bonchev–Trinajstić information content (AvgIpc) is 2.25. The zero-order valence-electron chi connectivity index (χ0n) is 11.9. The van der Waals surface area contributed by atoms with Gasteiger partial charge in [-0.15, -0.1) is 24.0 Å². The molecular weight excluding hydrogens is 345 g/mol. The number of aliphatic imine (C=N–C) groups is 1. The molecule has 1 unspecified atom stereocenters. The number of nitrogens with zero attached hydrogens (tertiary/aromatic N) is 1. The van der Waals surface area contributed by atoms with Gasteiger partial charge in [0.05, 0.1) is 18.6 Å². The van der Waals surface area contributed by atoms with E-state index in [9.17, 15) is 4.79 Å². The number of hydrogen-bond donors (Lipinski definition) is 2. The highest BCUT2D eigenvalue weighted by Gasteiger charge is 2.15. The van der Waals surface area contributed by atoms with Gasteiger partial charge in [0.2, 0.25) is 0 Å². The third kappa shape index (κ3) is 9.49. The number of carbonyl (C=O) groups is 1. The Bertz CT molecular complexity index is 250. The Balaban J connectivity index is 0. The van der Waals surface area contributed by atoms with Crippen molar-refractivity contribution in [2.45, 2.75) is 40.7 Å². The van der Waals surface area contributed by atoms with Gasteiger partial charge in [0.15, 0.2) is 5.96 Å². The number of rotatable bonds is 6. The van der Waals surface area contributed by atoms with Gasteiger partial charge in [0, 0.05) is 13.1 Å². The monoisotopic (exact) mass is 371 g/mol. The molecule has 0 amide bonds. The number of guanidine groups is 1. The van der Waals surface area contributed by atoms with E-state index in [-0.39, 0.29) is 42.0 Å². The third-order valence-electron chi connectivity index (χ3n) is 1.97. The Labute approximate surface area is 127 Å². The molecule has 0 bridgehead atoms. The molecule has 0 aliphatic carbocycles. The number of nitrogens with one attached hydrogen (secondary N) is 2. The molecule has 0 aromatic heterocycles. The van der Waals surface area contributed by atoms with E-state index >= 15 is 0 Å². The van der Waals surface area contributed by atoms with Crippen LogP contribution in [0.2, 0.25) is 0 Å². The first-order chi connectivity index (χ1) is 8.01. The molecule has 0 radical (unpaired) electrons. The summed E-state index contributed by atoms with van der Waals surface area (Å²) >= 11 is 0. The lowest BCUT2D eigenvalue weighted by molar-refractivity contribution is -0.151. The molecule has 0 aromatic rings. The van der Waals surface area contributed by atoms with Crippen molar-refractivity contribution in [2.75, 3.05) is 19.6 Å². The number of halogens is 1. The minimum atomic E-state index is -0.218. The number of carbonyl (C=O) groups excluding carboxylic acids is 1. The number of esters is 1. The van der Waals surface area contributed by atoms with Gasteiger partial charge in [0.1, 0.15) is 0 Å². The Morgan fingerprint density at radius 1 is 1.17 bits per heavy atom. The van der Waals surface area contributed by atoms with Gasteiger partial charge in [0.25, 0.3) is 0 Å². The second kappa shape index (κ2) is 11.6. The van der Waals surface area contributed by atoms with E-state index in [1.165, 1.54) is 0 Å². The Morgan fingerprint density at radius 2 is 1.67 bits per heavy atom. The predicted octanol–water partition coefficient (Wildman–Crippen LogP) is 1.77. The van der Waals surface area contributed by atoms with Gasteiger partial charge >= 0.3 is 5.97 Å². The summed E-state index contributed by atoms with van der Waals surface area (Å²) in [7, 11) is 0. The quantitative estimate of drug-likeness (QED) is 0.323. The molecule has 0 saturated heterocycles. The maximum Gasteiger partial charge on any atom is 0.310 e. The predicted molar refractivity (Wildman–Crippen MR) is 85.5 cm³/mol. The summed E-state index contributed by atoms with van der Waals surface area (Å²) in [5.74, 6) is 0.319. The van der Waals surface area contributed by atoms with Gasteiger partial charge in [-0.25, -0.2) is 0 Å². The smallest absolute Gasteiger partial charge is 0.310 e. The number of ether oxygens (including phenoxy) is 1. The lowest BCUT2D eigenvalue weighted by atomic mass is 10.2. The van der Waals surface area contributed by atoms with Crippen molar-refractivity contribution in [1.29, 1.82) is 0 Å². The molecule has 0 spiro atoms. The van der Waals surface area contributed by atoms with Gasteiger partial charge in [-0.2, -0.15) is 0 Å². The fourth-order valence-electron chi connectivity index (χ4n) is 1.16. The van der Waals surface area contributed by atoms with Crippen LogP contribution in [0.5, 0.6) is 0 Å². The first-order valence-electron chi connectivity index (χ1n) is 6.23. The minimum absolute atomic E-state index is 0. The van der Waals surface area contributed by atoms with E-state index in [1.807, 2.05) is 34.6 Å². The van der Waals surface area contributed by atoms with E-state index in [0.717, 1.165) is 19.0 Å². The molecule has 0 saturated carbocycles. The Morgan fingerprint density at radius 3 is 2.06 bits per heavy atom.